The summed E-state index contributed by atoms with van der Waals surface area (Å²) >= 11 is 0. The van der Waals surface area contributed by atoms with Crippen molar-refractivity contribution in [3.05, 3.63) is 0 Å². The first-order chi connectivity index (χ1) is 12.0. The van der Waals surface area contributed by atoms with Crippen LogP contribution >= 0.6 is 7.95 Å². The number of carbonyl (C=O) groups is 2. The summed E-state index contributed by atoms with van der Waals surface area (Å²) in [5.41, 5.74) is 5.40. The minimum Gasteiger partial charge on any atom is -0.466 e. The summed E-state index contributed by atoms with van der Waals surface area (Å²) in [6.07, 6.45) is 4.79. The number of hydrogen-bond acceptors (Lipinski definition) is 6. The Hall–Kier alpha value is -1.04. The maximum atomic E-state index is 12.2. The molecule has 0 aromatic rings. The number of ether oxygens (including phenoxy) is 2. The average molecular weight is 377 g/mol. The highest BCUT2D eigenvalue weighted by atomic mass is 31.1. The summed E-state index contributed by atoms with van der Waals surface area (Å²) in [4.78, 5) is 23.9. The summed E-state index contributed by atoms with van der Waals surface area (Å²) in [6.45, 7) is 5.84. The number of nitrogens with two attached hydrogens (primary N) is 1. The summed E-state index contributed by atoms with van der Waals surface area (Å²) in [6, 6.07) is 0. The van der Waals surface area contributed by atoms with Gasteiger partial charge in [0.2, 0.25) is 0 Å². The Balaban J connectivity index is 4.42. The van der Waals surface area contributed by atoms with E-state index in [1.54, 1.807) is 0 Å². The molecule has 3 N–H and O–H groups in total. The van der Waals surface area contributed by atoms with Crippen LogP contribution in [0.1, 0.15) is 58.8 Å². The van der Waals surface area contributed by atoms with Crippen LogP contribution in [0, 0.1) is 5.92 Å². The molecule has 0 aromatic carbocycles. The van der Waals surface area contributed by atoms with Crippen LogP contribution in [0.2, 0.25) is 0 Å². The van der Waals surface area contributed by atoms with E-state index >= 15 is 0 Å². The van der Waals surface area contributed by atoms with Crippen LogP contribution in [-0.2, 0) is 23.6 Å². The van der Waals surface area contributed by atoms with Gasteiger partial charge in [-0.25, -0.2) is 0 Å². The second-order valence-corrected chi connectivity index (χ2v) is 7.38. The first-order valence-corrected chi connectivity index (χ1v) is 10.7. The van der Waals surface area contributed by atoms with Crippen molar-refractivity contribution in [2.24, 2.45) is 11.7 Å². The molecule has 8 heteroatoms. The van der Waals surface area contributed by atoms with Crippen LogP contribution in [0.3, 0.4) is 0 Å². The van der Waals surface area contributed by atoms with E-state index in [0.717, 1.165) is 32.1 Å². The molecule has 0 saturated heterocycles. The van der Waals surface area contributed by atoms with Gasteiger partial charge in [-0.3, -0.25) is 9.59 Å². The van der Waals surface area contributed by atoms with Crippen LogP contribution in [0.4, 0.5) is 0 Å². The Labute approximate surface area is 152 Å². The number of carbonyl (C=O) groups excluding carboxylic acids is 2. The molecule has 0 rings (SSSR count). The number of unbranched alkanes of at least 4 members (excludes halogenated alkanes) is 2. The molecule has 7 nitrogen and oxygen atoms in total. The van der Waals surface area contributed by atoms with Gasteiger partial charge in [-0.1, -0.05) is 31.3 Å². The van der Waals surface area contributed by atoms with Crippen LogP contribution in [0.5, 0.6) is 0 Å². The molecular weight excluding hydrogens is 343 g/mol. The van der Waals surface area contributed by atoms with Crippen molar-refractivity contribution in [2.75, 3.05) is 32.5 Å². The molecule has 0 fully saturated rings. The van der Waals surface area contributed by atoms with Crippen LogP contribution in [0.25, 0.3) is 0 Å². The van der Waals surface area contributed by atoms with Crippen molar-refractivity contribution in [1.82, 2.24) is 5.09 Å². The highest BCUT2D eigenvalue weighted by molar-refractivity contribution is 7.42. The molecule has 0 amide bonds. The summed E-state index contributed by atoms with van der Waals surface area (Å²) in [5, 5.41) is 2.87. The SMILES string of the molecule is CCCCOC(=O)CCC(C[P+](=O)NCCCN)C(=O)OCCCC. The van der Waals surface area contributed by atoms with Crippen LogP contribution in [0.15, 0.2) is 0 Å². The van der Waals surface area contributed by atoms with Crippen molar-refractivity contribution in [2.45, 2.75) is 58.8 Å². The maximum absolute atomic E-state index is 12.2. The predicted molar refractivity (Wildman–Crippen MR) is 98.6 cm³/mol. The normalized spacial score (nSPS) is 12.5. The third-order valence-corrected chi connectivity index (χ3v) is 4.94. The topological polar surface area (TPSA) is 108 Å². The standard InChI is InChI=1S/C17H34N2O5P/c1-3-5-12-23-16(20)9-8-15(17(21)24-13-6-4-2)14-25(22)19-11-7-10-18/h15H,3-14,18H2,1-2H3,(H,19,22)/q+1. The molecule has 2 atom stereocenters. The van der Waals surface area contributed by atoms with Crippen molar-refractivity contribution in [3.8, 4) is 0 Å². The minimum absolute atomic E-state index is 0.128. The van der Waals surface area contributed by atoms with Crippen molar-refractivity contribution >= 4 is 19.9 Å². The lowest BCUT2D eigenvalue weighted by Gasteiger charge is -2.12. The summed E-state index contributed by atoms with van der Waals surface area (Å²) < 4.78 is 22.4. The molecule has 0 heterocycles. The van der Waals surface area contributed by atoms with Crippen molar-refractivity contribution in [3.63, 3.8) is 0 Å². The number of nitrogens with one attached hydrogen (secondary N) is 1. The van der Waals surface area contributed by atoms with E-state index in [0.29, 0.717) is 26.3 Å². The molecule has 0 bridgehead atoms. The lowest BCUT2D eigenvalue weighted by molar-refractivity contribution is -0.149. The zero-order chi connectivity index (χ0) is 18.9. The monoisotopic (exact) mass is 377 g/mol. The van der Waals surface area contributed by atoms with Gasteiger partial charge in [0.15, 0.2) is 6.16 Å². The van der Waals surface area contributed by atoms with Gasteiger partial charge < -0.3 is 15.2 Å². The molecule has 146 valence electrons. The molecule has 0 spiro atoms. The van der Waals surface area contributed by atoms with E-state index in [2.05, 4.69) is 5.09 Å². The molecule has 0 saturated carbocycles. The van der Waals surface area contributed by atoms with Crippen LogP contribution in [-0.4, -0.2) is 44.4 Å². The molecule has 25 heavy (non-hydrogen) atoms. The quantitative estimate of drug-likeness (QED) is 0.242. The number of rotatable bonds is 16. The van der Waals surface area contributed by atoms with Crippen molar-refractivity contribution in [1.29, 1.82) is 0 Å². The molecule has 0 aliphatic rings. The smallest absolute Gasteiger partial charge is 0.432 e. The molecule has 0 aliphatic carbocycles. The third kappa shape index (κ3) is 13.9. The summed E-state index contributed by atoms with van der Waals surface area (Å²) in [7, 11) is -1.74. The fourth-order valence-corrected chi connectivity index (χ4v) is 3.25. The van der Waals surface area contributed by atoms with Gasteiger partial charge in [0.05, 0.1) is 13.2 Å². The van der Waals surface area contributed by atoms with E-state index in [-0.39, 0.29) is 25.0 Å². The Morgan fingerprint density at radius 2 is 1.72 bits per heavy atom. The van der Waals surface area contributed by atoms with Gasteiger partial charge in [-0.05, 0) is 32.2 Å². The lowest BCUT2D eigenvalue weighted by atomic mass is 10.1. The number of esters is 2. The first-order valence-electron chi connectivity index (χ1n) is 9.25. The van der Waals surface area contributed by atoms with Gasteiger partial charge >= 0.3 is 19.9 Å². The molecule has 0 radical (unpaired) electrons. The molecule has 0 aliphatic heterocycles. The highest BCUT2D eigenvalue weighted by Gasteiger charge is 2.30. The van der Waals surface area contributed by atoms with Crippen molar-refractivity contribution < 1.29 is 23.6 Å². The Morgan fingerprint density at radius 3 is 2.32 bits per heavy atom. The fraction of sp³-hybridized carbons (Fsp3) is 0.882. The molecule has 0 aromatic heterocycles. The number of hydrogen-bond donors (Lipinski definition) is 2. The second-order valence-electron chi connectivity index (χ2n) is 5.94. The zero-order valence-electron chi connectivity index (χ0n) is 15.6. The van der Waals surface area contributed by atoms with Gasteiger partial charge in [0.1, 0.15) is 5.92 Å². The minimum atomic E-state index is -1.74. The first kappa shape index (κ1) is 24.0. The summed E-state index contributed by atoms with van der Waals surface area (Å²) in [5.74, 6) is -1.28. The second kappa shape index (κ2) is 16.4. The zero-order valence-corrected chi connectivity index (χ0v) is 16.5. The van der Waals surface area contributed by atoms with E-state index in [9.17, 15) is 14.2 Å². The van der Waals surface area contributed by atoms with E-state index < -0.39 is 19.8 Å². The van der Waals surface area contributed by atoms with Gasteiger partial charge in [-0.15, -0.1) is 5.09 Å². The maximum Gasteiger partial charge on any atom is 0.432 e. The highest BCUT2D eigenvalue weighted by Crippen LogP contribution is 2.24. The predicted octanol–water partition coefficient (Wildman–Crippen LogP) is 2.75. The Kier molecular flexibility index (Phi) is 15.7. The van der Waals surface area contributed by atoms with Gasteiger partial charge in [-0.2, -0.15) is 0 Å². The molecule has 2 unspecified atom stereocenters. The van der Waals surface area contributed by atoms with E-state index in [4.69, 9.17) is 15.2 Å². The Morgan fingerprint density at radius 1 is 1.08 bits per heavy atom. The van der Waals surface area contributed by atoms with E-state index in [1.807, 2.05) is 13.8 Å². The Bertz CT molecular complexity index is 393. The van der Waals surface area contributed by atoms with E-state index in [1.165, 1.54) is 0 Å². The van der Waals surface area contributed by atoms with Gasteiger partial charge in [0, 0.05) is 13.0 Å². The molecular formula is C17H34N2O5P+. The van der Waals surface area contributed by atoms with Gasteiger partial charge in [0.25, 0.3) is 0 Å². The fourth-order valence-electron chi connectivity index (χ4n) is 1.98. The largest absolute Gasteiger partial charge is 0.466 e. The average Bonchev–Trinajstić information content (AvgIpc) is 2.59. The lowest BCUT2D eigenvalue weighted by Crippen LogP contribution is -2.24. The third-order valence-electron chi connectivity index (χ3n) is 3.59. The van der Waals surface area contributed by atoms with Crippen LogP contribution < -0.4 is 10.8 Å².